The summed E-state index contributed by atoms with van der Waals surface area (Å²) in [5, 5.41) is 48.2. The fourth-order valence-electron chi connectivity index (χ4n) is 2.33. The Morgan fingerprint density at radius 1 is 1.04 bits per heavy atom. The quantitative estimate of drug-likeness (QED) is 0.215. The lowest BCUT2D eigenvalue weighted by atomic mass is 9.99. The van der Waals surface area contributed by atoms with E-state index in [4.69, 9.17) is 14.6 Å². The van der Waals surface area contributed by atoms with E-state index in [-0.39, 0.29) is 0 Å². The minimum atomic E-state index is -1.53. The normalized spacial score (nSPS) is 28.3. The first kappa shape index (κ1) is 23.2. The van der Waals surface area contributed by atoms with Crippen molar-refractivity contribution in [1.82, 2.24) is 0 Å². The summed E-state index contributed by atoms with van der Waals surface area (Å²) >= 11 is 0. The Morgan fingerprint density at radius 3 is 2.48 bits per heavy atom. The largest absolute Gasteiger partial charge is 0.394 e. The topological polar surface area (TPSA) is 120 Å². The predicted octanol–water partition coefficient (Wildman–Crippen LogP) is -0.732. The van der Waals surface area contributed by atoms with Gasteiger partial charge in [-0.3, -0.25) is 0 Å². The van der Waals surface area contributed by atoms with E-state index in [1.54, 1.807) is 13.0 Å². The van der Waals surface area contributed by atoms with Crippen LogP contribution in [0.4, 0.5) is 0 Å². The van der Waals surface area contributed by atoms with Gasteiger partial charge in [0.05, 0.1) is 6.61 Å². The minimum absolute atomic E-state index is 0.301. The third-order valence-electron chi connectivity index (χ3n) is 3.80. The Balaban J connectivity index is 2.26. The smallest absolute Gasteiger partial charge is 0.189 e. The first-order valence-electron chi connectivity index (χ1n) is 8.72. The predicted molar refractivity (Wildman–Crippen MR) is 97.5 cm³/mol. The number of aliphatic hydroxyl groups excluding tert-OH is 5. The van der Waals surface area contributed by atoms with Crippen LogP contribution in [0, 0.1) is 35.5 Å². The van der Waals surface area contributed by atoms with E-state index in [0.29, 0.717) is 12.8 Å². The lowest BCUT2D eigenvalue weighted by Crippen LogP contribution is -2.59. The van der Waals surface area contributed by atoms with Gasteiger partial charge in [0, 0.05) is 0 Å². The molecule has 2 unspecified atom stereocenters. The molecule has 5 N–H and O–H groups in total. The van der Waals surface area contributed by atoms with Crippen molar-refractivity contribution in [3.63, 3.8) is 0 Å². The van der Waals surface area contributed by atoms with Crippen LogP contribution in [0.3, 0.4) is 0 Å². The van der Waals surface area contributed by atoms with Crippen LogP contribution in [0.1, 0.15) is 32.6 Å². The molecule has 1 heterocycles. The lowest BCUT2D eigenvalue weighted by Gasteiger charge is -2.40. The number of aliphatic hydroxyl groups is 5. The van der Waals surface area contributed by atoms with Gasteiger partial charge < -0.3 is 35.0 Å². The van der Waals surface area contributed by atoms with Gasteiger partial charge in [-0.15, -0.1) is 0 Å². The van der Waals surface area contributed by atoms with Crippen molar-refractivity contribution in [3.8, 4) is 35.5 Å². The number of hydrogen-bond donors (Lipinski definition) is 5. The zero-order chi connectivity index (χ0) is 20.1. The van der Waals surface area contributed by atoms with Crippen LogP contribution in [0.2, 0.25) is 0 Å². The van der Waals surface area contributed by atoms with Crippen molar-refractivity contribution in [1.29, 1.82) is 0 Å². The van der Waals surface area contributed by atoms with Crippen molar-refractivity contribution < 1.29 is 35.0 Å². The highest BCUT2D eigenvalue weighted by Crippen LogP contribution is 2.23. The third-order valence-corrected chi connectivity index (χ3v) is 3.80. The molecule has 1 aliphatic heterocycles. The standard InChI is InChI=1S/C20H26O7/c1-2-3-4-5-6-7-8-9-10-11-12-13-16(22)27-20-19(25)18(24)17(23)15(14-21)26-20/h8-9,15-25H,10-14H2,1H3/b9-8+/t15-,16?,17-,18+,19-,20?/m1/s1. The number of unbranched alkanes of at least 4 members (excludes halogenated alkanes) is 2. The van der Waals surface area contributed by atoms with Gasteiger partial charge in [0.15, 0.2) is 12.6 Å². The zero-order valence-corrected chi connectivity index (χ0v) is 15.2. The molecule has 1 aliphatic rings. The monoisotopic (exact) mass is 378 g/mol. The highest BCUT2D eigenvalue weighted by molar-refractivity contribution is 5.37. The average molecular weight is 378 g/mol. The van der Waals surface area contributed by atoms with Crippen LogP contribution in [0.25, 0.3) is 0 Å². The molecule has 1 saturated heterocycles. The summed E-state index contributed by atoms with van der Waals surface area (Å²) in [6.07, 6.45) is -1.99. The van der Waals surface area contributed by atoms with Gasteiger partial charge in [0.1, 0.15) is 24.4 Å². The van der Waals surface area contributed by atoms with E-state index in [9.17, 15) is 20.4 Å². The van der Waals surface area contributed by atoms with E-state index in [1.807, 2.05) is 6.08 Å². The van der Waals surface area contributed by atoms with E-state index in [0.717, 1.165) is 12.8 Å². The fraction of sp³-hybridized carbons (Fsp3) is 0.600. The van der Waals surface area contributed by atoms with Crippen molar-refractivity contribution in [2.75, 3.05) is 6.61 Å². The summed E-state index contributed by atoms with van der Waals surface area (Å²) in [4.78, 5) is 0. The van der Waals surface area contributed by atoms with E-state index < -0.39 is 43.6 Å². The maximum atomic E-state index is 9.89. The molecule has 0 amide bonds. The van der Waals surface area contributed by atoms with E-state index in [1.165, 1.54) is 0 Å². The summed E-state index contributed by atoms with van der Waals surface area (Å²) in [5.74, 6) is 15.8. The van der Waals surface area contributed by atoms with Crippen molar-refractivity contribution in [2.24, 2.45) is 0 Å². The lowest BCUT2D eigenvalue weighted by molar-refractivity contribution is -0.332. The SMILES string of the molecule is CC#CC#CC#C/C=C/CCCCC(O)OC1O[C@H](CO)[C@@H](O)[C@H](O)[C@H]1O. The third kappa shape index (κ3) is 8.58. The Labute approximate surface area is 159 Å². The van der Waals surface area contributed by atoms with Crippen LogP contribution in [0.5, 0.6) is 0 Å². The van der Waals surface area contributed by atoms with Crippen molar-refractivity contribution in [2.45, 2.75) is 69.6 Å². The minimum Gasteiger partial charge on any atom is -0.394 e. The van der Waals surface area contributed by atoms with Crippen LogP contribution < -0.4 is 0 Å². The molecule has 0 aromatic rings. The molecule has 27 heavy (non-hydrogen) atoms. The molecule has 7 heteroatoms. The Bertz CT molecular complexity index is 638. The molecule has 1 rings (SSSR count). The van der Waals surface area contributed by atoms with E-state index in [2.05, 4.69) is 35.5 Å². The molecule has 148 valence electrons. The molecular formula is C20H26O7. The number of ether oxygens (including phenoxy) is 2. The molecule has 0 aromatic heterocycles. The Kier molecular flexibility index (Phi) is 11.4. The summed E-state index contributed by atoms with van der Waals surface area (Å²) in [6.45, 7) is 1.15. The summed E-state index contributed by atoms with van der Waals surface area (Å²) in [6, 6.07) is 0. The van der Waals surface area contributed by atoms with Crippen molar-refractivity contribution >= 4 is 0 Å². The molecule has 6 atom stereocenters. The first-order chi connectivity index (χ1) is 13.0. The van der Waals surface area contributed by atoms with Gasteiger partial charge in [-0.25, -0.2) is 0 Å². The summed E-state index contributed by atoms with van der Waals surface area (Å²) in [5.41, 5.74) is 0. The fourth-order valence-corrected chi connectivity index (χ4v) is 2.33. The van der Waals surface area contributed by atoms with Gasteiger partial charge in [0.25, 0.3) is 0 Å². The van der Waals surface area contributed by atoms with E-state index >= 15 is 0 Å². The second-order valence-electron chi connectivity index (χ2n) is 5.87. The molecule has 0 bridgehead atoms. The molecule has 0 spiro atoms. The van der Waals surface area contributed by atoms with Crippen LogP contribution in [-0.4, -0.2) is 69.1 Å². The average Bonchev–Trinajstić information content (AvgIpc) is 2.66. The summed E-state index contributed by atoms with van der Waals surface area (Å²) in [7, 11) is 0. The molecule has 0 aliphatic carbocycles. The Morgan fingerprint density at radius 2 is 1.78 bits per heavy atom. The molecule has 0 saturated carbocycles. The molecule has 1 fully saturated rings. The maximum Gasteiger partial charge on any atom is 0.189 e. The molecule has 0 aromatic carbocycles. The molecule has 7 nitrogen and oxygen atoms in total. The zero-order valence-electron chi connectivity index (χ0n) is 15.2. The van der Waals surface area contributed by atoms with Gasteiger partial charge in [0.2, 0.25) is 0 Å². The second-order valence-corrected chi connectivity index (χ2v) is 5.87. The molecular weight excluding hydrogens is 352 g/mol. The van der Waals surface area contributed by atoms with Crippen LogP contribution >= 0.6 is 0 Å². The first-order valence-corrected chi connectivity index (χ1v) is 8.72. The molecule has 0 radical (unpaired) electrons. The van der Waals surface area contributed by atoms with Gasteiger partial charge >= 0.3 is 0 Å². The number of allylic oxidation sites excluding steroid dienone is 2. The summed E-state index contributed by atoms with van der Waals surface area (Å²) < 4.78 is 10.4. The number of rotatable bonds is 8. The highest BCUT2D eigenvalue weighted by Gasteiger charge is 2.44. The van der Waals surface area contributed by atoms with Gasteiger partial charge in [-0.2, -0.15) is 0 Å². The van der Waals surface area contributed by atoms with Crippen LogP contribution in [-0.2, 0) is 9.47 Å². The highest BCUT2D eigenvalue weighted by atomic mass is 16.7. The maximum absolute atomic E-state index is 9.89. The number of hydrogen-bond acceptors (Lipinski definition) is 7. The van der Waals surface area contributed by atoms with Crippen LogP contribution in [0.15, 0.2) is 12.2 Å². The van der Waals surface area contributed by atoms with Gasteiger partial charge in [-0.05, 0) is 62.4 Å². The Hall–Kier alpha value is -1.86. The second kappa shape index (κ2) is 13.3. The van der Waals surface area contributed by atoms with Crippen molar-refractivity contribution in [3.05, 3.63) is 12.2 Å². The van der Waals surface area contributed by atoms with Gasteiger partial charge in [-0.1, -0.05) is 17.9 Å².